The fraction of sp³-hybridized carbons (Fsp3) is 0.875. The van der Waals surface area contributed by atoms with Gasteiger partial charge in [-0.1, -0.05) is 0 Å². The number of nitrogens with one attached hydrogen (secondary N) is 2. The van der Waals surface area contributed by atoms with Crippen molar-refractivity contribution >= 4 is 27.4 Å². The molecular formula is C16H30N2O10P2. The molecule has 2 aliphatic rings. The van der Waals surface area contributed by atoms with Gasteiger partial charge in [-0.15, -0.1) is 0 Å². The van der Waals surface area contributed by atoms with Gasteiger partial charge in [0.15, 0.2) is 0 Å². The maximum absolute atomic E-state index is 12.5. The van der Waals surface area contributed by atoms with E-state index >= 15 is 0 Å². The maximum atomic E-state index is 12.5. The van der Waals surface area contributed by atoms with Crippen LogP contribution in [0.5, 0.6) is 0 Å². The molecule has 0 saturated carbocycles. The highest BCUT2D eigenvalue weighted by Crippen LogP contribution is 2.51. The van der Waals surface area contributed by atoms with Crippen LogP contribution >= 0.6 is 15.5 Å². The molecule has 0 amide bonds. The Morgan fingerprint density at radius 1 is 0.767 bits per heavy atom. The van der Waals surface area contributed by atoms with E-state index in [9.17, 15) is 18.7 Å². The quantitative estimate of drug-likeness (QED) is 0.285. The third kappa shape index (κ3) is 6.34. The van der Waals surface area contributed by atoms with Crippen LogP contribution in [0.2, 0.25) is 0 Å². The number of methoxy groups -OCH3 is 2. The van der Waals surface area contributed by atoms with Gasteiger partial charge in [0.05, 0.1) is 40.6 Å². The normalized spacial score (nSPS) is 36.8. The number of unbranched alkanes of at least 4 members (excludes halogenated alkanes) is 1. The number of hydrogen-bond acceptors (Lipinski definition) is 10. The molecule has 2 saturated heterocycles. The fourth-order valence-corrected chi connectivity index (χ4v) is 5.86. The van der Waals surface area contributed by atoms with E-state index in [0.29, 0.717) is 25.9 Å². The predicted octanol–water partition coefficient (Wildman–Crippen LogP) is 1.61. The van der Waals surface area contributed by atoms with Crippen molar-refractivity contribution in [3.63, 3.8) is 0 Å². The molecule has 0 radical (unpaired) electrons. The highest BCUT2D eigenvalue weighted by atomic mass is 31.2. The average molecular weight is 472 g/mol. The molecule has 174 valence electrons. The van der Waals surface area contributed by atoms with Crippen LogP contribution in [0, 0.1) is 10.8 Å². The molecule has 0 unspecified atom stereocenters. The van der Waals surface area contributed by atoms with Crippen LogP contribution in [-0.4, -0.2) is 65.7 Å². The summed E-state index contributed by atoms with van der Waals surface area (Å²) in [4.78, 5) is 23.4. The molecule has 0 aliphatic carbocycles. The molecule has 2 fully saturated rings. The SMILES string of the molecule is COC(=O)C1(C)COP(=O)(NCCCCNP2(=O)OCC(C)(C(=O)OC)CO2)OC1. The lowest BCUT2D eigenvalue weighted by Crippen LogP contribution is -2.42. The molecule has 0 atom stereocenters. The first kappa shape index (κ1) is 25.4. The largest absolute Gasteiger partial charge is 0.468 e. The second kappa shape index (κ2) is 10.2. The van der Waals surface area contributed by atoms with Gasteiger partial charge in [-0.2, -0.15) is 0 Å². The van der Waals surface area contributed by atoms with E-state index in [1.165, 1.54) is 14.2 Å². The minimum absolute atomic E-state index is 0.0755. The van der Waals surface area contributed by atoms with Crippen molar-refractivity contribution < 1.29 is 46.3 Å². The molecule has 0 bridgehead atoms. The Kier molecular flexibility index (Phi) is 8.63. The van der Waals surface area contributed by atoms with E-state index in [4.69, 9.17) is 27.6 Å². The van der Waals surface area contributed by atoms with Crippen LogP contribution in [0.3, 0.4) is 0 Å². The first-order valence-electron chi connectivity index (χ1n) is 9.45. The van der Waals surface area contributed by atoms with Crippen molar-refractivity contribution in [1.82, 2.24) is 10.2 Å². The summed E-state index contributed by atoms with van der Waals surface area (Å²) in [5, 5.41) is 5.44. The van der Waals surface area contributed by atoms with Gasteiger partial charge in [0, 0.05) is 13.1 Å². The summed E-state index contributed by atoms with van der Waals surface area (Å²) in [6, 6.07) is 0. The van der Waals surface area contributed by atoms with Crippen LogP contribution in [-0.2, 0) is 46.3 Å². The molecule has 0 spiro atoms. The zero-order valence-corrected chi connectivity index (χ0v) is 19.4. The Bertz CT molecular complexity index is 647. The van der Waals surface area contributed by atoms with Gasteiger partial charge in [-0.3, -0.25) is 27.7 Å². The van der Waals surface area contributed by atoms with E-state index in [0.717, 1.165) is 0 Å². The fourth-order valence-electron chi connectivity index (χ4n) is 2.66. The third-order valence-electron chi connectivity index (χ3n) is 4.78. The van der Waals surface area contributed by atoms with Crippen molar-refractivity contribution in [3.05, 3.63) is 0 Å². The van der Waals surface area contributed by atoms with Gasteiger partial charge in [0.25, 0.3) is 0 Å². The number of esters is 2. The molecule has 12 nitrogen and oxygen atoms in total. The highest BCUT2D eigenvalue weighted by Gasteiger charge is 2.46. The van der Waals surface area contributed by atoms with Crippen molar-refractivity contribution in [2.45, 2.75) is 26.7 Å². The van der Waals surface area contributed by atoms with Gasteiger partial charge in [-0.25, -0.2) is 19.3 Å². The minimum atomic E-state index is -3.49. The second-order valence-electron chi connectivity index (χ2n) is 7.72. The molecule has 0 aromatic carbocycles. The third-order valence-corrected chi connectivity index (χ3v) is 7.88. The van der Waals surface area contributed by atoms with E-state index in [-0.39, 0.29) is 26.4 Å². The van der Waals surface area contributed by atoms with E-state index in [1.54, 1.807) is 13.8 Å². The molecule has 2 rings (SSSR count). The van der Waals surface area contributed by atoms with Gasteiger partial charge < -0.3 is 9.47 Å². The number of rotatable bonds is 9. The number of hydrogen-bond donors (Lipinski definition) is 2. The van der Waals surface area contributed by atoms with Crippen molar-refractivity contribution in [2.24, 2.45) is 10.8 Å². The first-order valence-corrected chi connectivity index (χ1v) is 12.5. The Morgan fingerprint density at radius 3 is 1.33 bits per heavy atom. The second-order valence-corrected chi connectivity index (χ2v) is 11.4. The van der Waals surface area contributed by atoms with Crippen LogP contribution in [0.1, 0.15) is 26.7 Å². The predicted molar refractivity (Wildman–Crippen MR) is 105 cm³/mol. The Labute approximate surface area is 175 Å². The minimum Gasteiger partial charge on any atom is -0.468 e. The summed E-state index contributed by atoms with van der Waals surface area (Å²) in [5.41, 5.74) is -1.99. The Hall–Kier alpha value is -0.840. The van der Waals surface area contributed by atoms with E-state index in [1.807, 2.05) is 0 Å². The lowest BCUT2D eigenvalue weighted by Gasteiger charge is -2.34. The van der Waals surface area contributed by atoms with Gasteiger partial charge in [0.1, 0.15) is 10.8 Å². The summed E-state index contributed by atoms with van der Waals surface area (Å²) in [6.07, 6.45) is 1.13. The van der Waals surface area contributed by atoms with Crippen LogP contribution in [0.25, 0.3) is 0 Å². The Balaban J connectivity index is 1.64. The zero-order chi connectivity index (χ0) is 22.5. The first-order chi connectivity index (χ1) is 14.0. The summed E-state index contributed by atoms with van der Waals surface area (Å²) in [7, 11) is -4.44. The van der Waals surface area contributed by atoms with Crippen molar-refractivity contribution in [2.75, 3.05) is 53.7 Å². The molecule has 0 aromatic rings. The summed E-state index contributed by atoms with van der Waals surface area (Å²) < 4.78 is 55.3. The molecule has 2 N–H and O–H groups in total. The maximum Gasteiger partial charge on any atom is 0.405 e. The molecular weight excluding hydrogens is 442 g/mol. The number of ether oxygens (including phenoxy) is 2. The lowest BCUT2D eigenvalue weighted by atomic mass is 9.93. The standard InChI is InChI=1S/C16H30N2O10P2/c1-15(13(19)23-3)9-25-29(21,26-10-15)17-7-5-6-8-18-30(22)27-11-16(2,12-28-30)14(20)24-4/h5-12H2,1-4H3,(H,17,21)(H,18,22). The monoisotopic (exact) mass is 472 g/mol. The number of carbonyl (C=O) groups excluding carboxylic acids is 2. The smallest absolute Gasteiger partial charge is 0.405 e. The van der Waals surface area contributed by atoms with Gasteiger partial charge >= 0.3 is 27.4 Å². The van der Waals surface area contributed by atoms with Crippen molar-refractivity contribution in [1.29, 1.82) is 0 Å². The average Bonchev–Trinajstić information content (AvgIpc) is 2.74. The van der Waals surface area contributed by atoms with Gasteiger partial charge in [0.2, 0.25) is 0 Å². The molecule has 0 aromatic heterocycles. The topological polar surface area (TPSA) is 148 Å². The van der Waals surface area contributed by atoms with Gasteiger partial charge in [-0.05, 0) is 26.7 Å². The number of carbonyl (C=O) groups is 2. The zero-order valence-electron chi connectivity index (χ0n) is 17.6. The molecule has 2 heterocycles. The van der Waals surface area contributed by atoms with Crippen LogP contribution in [0.15, 0.2) is 0 Å². The molecule has 2 aliphatic heterocycles. The van der Waals surface area contributed by atoms with E-state index < -0.39 is 38.3 Å². The Morgan fingerprint density at radius 2 is 1.07 bits per heavy atom. The van der Waals surface area contributed by atoms with Crippen LogP contribution in [0.4, 0.5) is 0 Å². The summed E-state index contributed by atoms with van der Waals surface area (Å²) >= 11 is 0. The molecule has 30 heavy (non-hydrogen) atoms. The molecule has 14 heteroatoms. The summed E-state index contributed by atoms with van der Waals surface area (Å²) in [5.74, 6) is -0.984. The van der Waals surface area contributed by atoms with Crippen molar-refractivity contribution in [3.8, 4) is 0 Å². The van der Waals surface area contributed by atoms with Crippen LogP contribution < -0.4 is 10.2 Å². The highest BCUT2D eigenvalue weighted by molar-refractivity contribution is 7.52. The summed E-state index contributed by atoms with van der Waals surface area (Å²) in [6.45, 7) is 3.56. The van der Waals surface area contributed by atoms with E-state index in [2.05, 4.69) is 10.2 Å². The lowest BCUT2D eigenvalue weighted by molar-refractivity contribution is -0.159.